The second kappa shape index (κ2) is 9.12. The highest BCUT2D eigenvalue weighted by atomic mass is 35.5. The van der Waals surface area contributed by atoms with E-state index in [0.717, 1.165) is 27.7 Å². The summed E-state index contributed by atoms with van der Waals surface area (Å²) in [6.45, 7) is 5.41. The fourth-order valence-electron chi connectivity index (χ4n) is 3.66. The summed E-state index contributed by atoms with van der Waals surface area (Å²) in [5.41, 5.74) is 8.22. The number of nitrogens with two attached hydrogens (primary N) is 1. The predicted octanol–water partition coefficient (Wildman–Crippen LogP) is 4.48. The molecule has 1 heterocycles. The molecule has 0 unspecified atom stereocenters. The molecule has 0 radical (unpaired) electrons. The van der Waals surface area contributed by atoms with Gasteiger partial charge in [0.05, 0.1) is 17.0 Å². The third-order valence-corrected chi connectivity index (χ3v) is 6.34. The van der Waals surface area contributed by atoms with Crippen molar-refractivity contribution in [2.24, 2.45) is 5.73 Å². The lowest BCUT2D eigenvalue weighted by Gasteiger charge is -2.18. The Balaban J connectivity index is 0.00000341. The molecule has 3 N–H and O–H groups in total. The molecular weight excluding hydrogens is 439 g/mol. The number of sulfone groups is 1. The zero-order valence-electron chi connectivity index (χ0n) is 18.0. The maximum absolute atomic E-state index is 14.3. The monoisotopic (exact) mass is 466 g/mol. The van der Waals surface area contributed by atoms with Gasteiger partial charge in [0.2, 0.25) is 0 Å². The zero-order valence-corrected chi connectivity index (χ0v) is 19.6. The maximum atomic E-state index is 14.3. The number of hydrogen-bond donors (Lipinski definition) is 2. The molecule has 0 fully saturated rings. The molecule has 5 nitrogen and oxygen atoms in total. The number of nitrogens with zero attached hydrogens (tertiary/aromatic N) is 1. The number of aromatic nitrogens is 1. The smallest absolute Gasteiger partial charge is 0.175 e. The summed E-state index contributed by atoms with van der Waals surface area (Å²) in [7, 11) is -3.38. The molecule has 0 spiro atoms. The lowest BCUT2D eigenvalue weighted by atomic mass is 9.94. The summed E-state index contributed by atoms with van der Waals surface area (Å²) in [5, 5.41) is 11.3. The molecule has 8 heteroatoms. The molecule has 0 amide bonds. The number of rotatable bonds is 6. The van der Waals surface area contributed by atoms with Crippen molar-refractivity contribution >= 4 is 33.1 Å². The predicted molar refractivity (Wildman–Crippen MR) is 126 cm³/mol. The number of hydrogen-bond acceptors (Lipinski definition) is 4. The highest BCUT2D eigenvalue weighted by Crippen LogP contribution is 2.38. The molecule has 3 rings (SSSR count). The van der Waals surface area contributed by atoms with Crippen molar-refractivity contribution in [1.29, 1.82) is 0 Å². The van der Waals surface area contributed by atoms with Crippen LogP contribution in [0, 0.1) is 6.92 Å². The summed E-state index contributed by atoms with van der Waals surface area (Å²) in [6, 6.07) is 12.3. The van der Waals surface area contributed by atoms with Crippen molar-refractivity contribution < 1.29 is 17.9 Å². The van der Waals surface area contributed by atoms with E-state index in [-0.39, 0.29) is 36.2 Å². The molecule has 0 saturated heterocycles. The van der Waals surface area contributed by atoms with Crippen molar-refractivity contribution in [3.8, 4) is 11.1 Å². The maximum Gasteiger partial charge on any atom is 0.175 e. The van der Waals surface area contributed by atoms with E-state index in [1.165, 1.54) is 12.3 Å². The van der Waals surface area contributed by atoms with Crippen molar-refractivity contribution in [3.63, 3.8) is 0 Å². The lowest BCUT2D eigenvalue weighted by Crippen LogP contribution is -2.15. The molecule has 0 aliphatic heterocycles. The van der Waals surface area contributed by atoms with Gasteiger partial charge in [0, 0.05) is 35.0 Å². The van der Waals surface area contributed by atoms with Gasteiger partial charge in [-0.2, -0.15) is 0 Å². The molecule has 0 saturated carbocycles. The minimum absolute atomic E-state index is 0. The molecular formula is C23H28ClFN2O3S. The van der Waals surface area contributed by atoms with Crippen LogP contribution in [0.5, 0.6) is 0 Å². The number of benzene rings is 2. The van der Waals surface area contributed by atoms with Crippen LogP contribution in [-0.4, -0.2) is 30.9 Å². The first-order chi connectivity index (χ1) is 13.9. The van der Waals surface area contributed by atoms with E-state index in [9.17, 15) is 17.9 Å². The Morgan fingerprint density at radius 2 is 1.90 bits per heavy atom. The van der Waals surface area contributed by atoms with E-state index < -0.39 is 15.4 Å². The van der Waals surface area contributed by atoms with Crippen LogP contribution >= 0.6 is 12.4 Å². The van der Waals surface area contributed by atoms with Crippen molar-refractivity contribution in [3.05, 3.63) is 65.6 Å². The highest BCUT2D eigenvalue weighted by Gasteiger charge is 2.22. The summed E-state index contributed by atoms with van der Waals surface area (Å²) < 4.78 is 40.3. The molecule has 168 valence electrons. The van der Waals surface area contributed by atoms with Gasteiger partial charge in [-0.1, -0.05) is 18.2 Å². The fourth-order valence-corrected chi connectivity index (χ4v) is 4.32. The van der Waals surface area contributed by atoms with E-state index >= 15 is 0 Å². The lowest BCUT2D eigenvalue weighted by molar-refractivity contribution is 0.0787. The summed E-state index contributed by atoms with van der Waals surface area (Å²) in [6.07, 6.45) is 2.50. The van der Waals surface area contributed by atoms with Crippen LogP contribution in [0.25, 0.3) is 22.0 Å². The topological polar surface area (TPSA) is 85.3 Å². The van der Waals surface area contributed by atoms with E-state index in [1.54, 1.807) is 32.0 Å². The molecule has 0 aliphatic rings. The van der Waals surface area contributed by atoms with E-state index in [1.807, 2.05) is 35.8 Å². The third-order valence-electron chi connectivity index (χ3n) is 5.23. The van der Waals surface area contributed by atoms with Gasteiger partial charge in [-0.25, -0.2) is 12.8 Å². The minimum Gasteiger partial charge on any atom is -0.386 e. The molecule has 0 bridgehead atoms. The standard InChI is InChI=1S/C23H27FN2O3S.ClH/c1-15-22(16-6-5-7-19(12-16)30(4,28)29)20-13-17(23(2,3)27)8-9-21(20)26(15)14-18(24)10-11-25;/h5-10,12-13,27H,11,14,25H2,1-4H3;1H/b18-10-;. The number of aliphatic hydroxyl groups is 1. The van der Waals surface area contributed by atoms with Crippen molar-refractivity contribution in [2.45, 2.75) is 37.8 Å². The fraction of sp³-hybridized carbons (Fsp3) is 0.304. The van der Waals surface area contributed by atoms with Crippen LogP contribution in [0.4, 0.5) is 4.39 Å². The number of fused-ring (bicyclic) bond motifs is 1. The first kappa shape index (κ1) is 25.1. The first-order valence-electron chi connectivity index (χ1n) is 9.64. The van der Waals surface area contributed by atoms with Crippen LogP contribution in [0.3, 0.4) is 0 Å². The van der Waals surface area contributed by atoms with E-state index in [4.69, 9.17) is 5.73 Å². The molecule has 2 aromatic carbocycles. The summed E-state index contributed by atoms with van der Waals surface area (Å²) >= 11 is 0. The largest absolute Gasteiger partial charge is 0.386 e. The summed E-state index contributed by atoms with van der Waals surface area (Å²) in [5.74, 6) is -0.347. The molecule has 0 aliphatic carbocycles. The summed E-state index contributed by atoms with van der Waals surface area (Å²) in [4.78, 5) is 0.216. The van der Waals surface area contributed by atoms with Crippen LogP contribution in [0.2, 0.25) is 0 Å². The van der Waals surface area contributed by atoms with Gasteiger partial charge < -0.3 is 15.4 Å². The average Bonchev–Trinajstić information content (AvgIpc) is 2.92. The Morgan fingerprint density at radius 1 is 1.23 bits per heavy atom. The average molecular weight is 467 g/mol. The van der Waals surface area contributed by atoms with Gasteiger partial charge in [0.25, 0.3) is 0 Å². The van der Waals surface area contributed by atoms with Crippen LogP contribution in [0.15, 0.2) is 59.3 Å². The van der Waals surface area contributed by atoms with Gasteiger partial charge in [0.1, 0.15) is 5.83 Å². The second-order valence-corrected chi connectivity index (χ2v) is 10.0. The van der Waals surface area contributed by atoms with E-state index in [2.05, 4.69) is 0 Å². The minimum atomic E-state index is -3.38. The highest BCUT2D eigenvalue weighted by molar-refractivity contribution is 7.90. The Hall–Kier alpha value is -2.19. The Bertz CT molecular complexity index is 1240. The zero-order chi connectivity index (χ0) is 22.3. The molecule has 1 aromatic heterocycles. The van der Waals surface area contributed by atoms with Crippen LogP contribution in [-0.2, 0) is 22.0 Å². The Morgan fingerprint density at radius 3 is 2.48 bits per heavy atom. The SMILES string of the molecule is Cc1c(-c2cccc(S(C)(=O)=O)c2)c2cc(C(C)(C)O)ccc2n1C/C(F)=C/CN.Cl. The van der Waals surface area contributed by atoms with Gasteiger partial charge >= 0.3 is 0 Å². The van der Waals surface area contributed by atoms with E-state index in [0.29, 0.717) is 5.56 Å². The number of allylic oxidation sites excluding steroid dienone is 1. The second-order valence-electron chi connectivity index (χ2n) is 8.02. The van der Waals surface area contributed by atoms with Crippen LogP contribution in [0.1, 0.15) is 25.1 Å². The van der Waals surface area contributed by atoms with Crippen LogP contribution < -0.4 is 5.73 Å². The number of halogens is 2. The molecule has 31 heavy (non-hydrogen) atoms. The van der Waals surface area contributed by atoms with Crippen molar-refractivity contribution in [2.75, 3.05) is 12.8 Å². The van der Waals surface area contributed by atoms with Crippen molar-refractivity contribution in [1.82, 2.24) is 4.57 Å². The van der Waals surface area contributed by atoms with Gasteiger partial charge in [-0.15, -0.1) is 12.4 Å². The normalized spacial score (nSPS) is 12.8. The van der Waals surface area contributed by atoms with Gasteiger partial charge in [0.15, 0.2) is 9.84 Å². The van der Waals surface area contributed by atoms with Gasteiger partial charge in [-0.05, 0) is 62.2 Å². The first-order valence-corrected chi connectivity index (χ1v) is 11.5. The molecule has 0 atom stereocenters. The Labute approximate surface area is 188 Å². The van der Waals surface area contributed by atoms with Gasteiger partial charge in [-0.3, -0.25) is 0 Å². The quantitative estimate of drug-likeness (QED) is 0.560. The third kappa shape index (κ3) is 5.18. The Kier molecular flexibility index (Phi) is 7.38. The molecule has 3 aromatic rings.